The quantitative estimate of drug-likeness (QED) is 0.644. The number of methoxy groups -OCH3 is 1. The fourth-order valence-electron chi connectivity index (χ4n) is 3.53. The minimum absolute atomic E-state index is 0.184. The Morgan fingerprint density at radius 2 is 1.75 bits per heavy atom. The van der Waals surface area contributed by atoms with Gasteiger partial charge in [0.1, 0.15) is 5.75 Å². The standard InChI is InChI=1S/C19H23N5O4/c1-21-15-16(20-18(21)23-8-10-28-11-9-23)22(2)19(26)24(17(15)25)12-13-4-6-14(27-3)7-5-13/h4-7H,8-12H2,1-3H3. The van der Waals surface area contributed by atoms with E-state index in [0.29, 0.717) is 43.4 Å². The summed E-state index contributed by atoms with van der Waals surface area (Å²) in [7, 11) is 5.05. The lowest BCUT2D eigenvalue weighted by molar-refractivity contribution is 0.122. The zero-order chi connectivity index (χ0) is 19.8. The first kappa shape index (κ1) is 18.3. The minimum Gasteiger partial charge on any atom is -0.497 e. The van der Waals surface area contributed by atoms with E-state index in [0.717, 1.165) is 11.3 Å². The summed E-state index contributed by atoms with van der Waals surface area (Å²) in [4.78, 5) is 32.7. The molecule has 4 rings (SSSR count). The first-order valence-corrected chi connectivity index (χ1v) is 9.13. The topological polar surface area (TPSA) is 83.5 Å². The fraction of sp³-hybridized carbons (Fsp3) is 0.421. The van der Waals surface area contributed by atoms with Gasteiger partial charge in [0.2, 0.25) is 5.95 Å². The molecule has 0 amide bonds. The van der Waals surface area contributed by atoms with E-state index in [9.17, 15) is 9.59 Å². The van der Waals surface area contributed by atoms with Gasteiger partial charge in [-0.3, -0.25) is 13.9 Å². The Morgan fingerprint density at radius 1 is 1.07 bits per heavy atom. The molecule has 28 heavy (non-hydrogen) atoms. The molecule has 148 valence electrons. The van der Waals surface area contributed by atoms with Crippen LogP contribution >= 0.6 is 0 Å². The van der Waals surface area contributed by atoms with Gasteiger partial charge in [0, 0.05) is 27.2 Å². The molecule has 1 fully saturated rings. The van der Waals surface area contributed by atoms with Crippen molar-refractivity contribution < 1.29 is 9.47 Å². The number of aromatic nitrogens is 4. The highest BCUT2D eigenvalue weighted by Crippen LogP contribution is 2.19. The molecule has 3 aromatic rings. The van der Waals surface area contributed by atoms with Crippen LogP contribution in [0.2, 0.25) is 0 Å². The van der Waals surface area contributed by atoms with Gasteiger partial charge in [-0.2, -0.15) is 4.98 Å². The zero-order valence-electron chi connectivity index (χ0n) is 16.2. The maximum atomic E-state index is 13.2. The Balaban J connectivity index is 1.82. The predicted molar refractivity (Wildman–Crippen MR) is 105 cm³/mol. The van der Waals surface area contributed by atoms with Crippen LogP contribution in [0.15, 0.2) is 33.9 Å². The molecule has 1 saturated heterocycles. The van der Waals surface area contributed by atoms with Crippen molar-refractivity contribution in [3.63, 3.8) is 0 Å². The predicted octanol–water partition coefficient (Wildman–Crippen LogP) is 0.327. The molecule has 0 bridgehead atoms. The summed E-state index contributed by atoms with van der Waals surface area (Å²) < 4.78 is 15.0. The van der Waals surface area contributed by atoms with E-state index in [2.05, 4.69) is 9.88 Å². The number of fused-ring (bicyclic) bond motifs is 1. The van der Waals surface area contributed by atoms with Crippen molar-refractivity contribution in [3.8, 4) is 5.75 Å². The van der Waals surface area contributed by atoms with Gasteiger partial charge in [-0.05, 0) is 17.7 Å². The maximum Gasteiger partial charge on any atom is 0.332 e. The van der Waals surface area contributed by atoms with Crippen molar-refractivity contribution in [2.75, 3.05) is 38.3 Å². The van der Waals surface area contributed by atoms with Crippen molar-refractivity contribution in [1.29, 1.82) is 0 Å². The summed E-state index contributed by atoms with van der Waals surface area (Å²) in [5, 5.41) is 0. The van der Waals surface area contributed by atoms with Crippen LogP contribution < -0.4 is 20.9 Å². The average Bonchev–Trinajstić information content (AvgIpc) is 3.08. The molecule has 0 atom stereocenters. The normalized spacial score (nSPS) is 14.6. The van der Waals surface area contributed by atoms with Gasteiger partial charge in [0.05, 0.1) is 26.9 Å². The number of anilines is 1. The summed E-state index contributed by atoms with van der Waals surface area (Å²) in [6, 6.07) is 7.31. The summed E-state index contributed by atoms with van der Waals surface area (Å²) in [6.07, 6.45) is 0. The van der Waals surface area contributed by atoms with Crippen molar-refractivity contribution in [3.05, 3.63) is 50.7 Å². The third-order valence-corrected chi connectivity index (χ3v) is 5.13. The number of aryl methyl sites for hydroxylation is 2. The van der Waals surface area contributed by atoms with Crippen LogP contribution in [0.5, 0.6) is 5.75 Å². The van der Waals surface area contributed by atoms with Crippen LogP contribution in [0.4, 0.5) is 5.95 Å². The van der Waals surface area contributed by atoms with Crippen LogP contribution in [0, 0.1) is 0 Å². The molecular weight excluding hydrogens is 362 g/mol. The molecule has 0 N–H and O–H groups in total. The van der Waals surface area contributed by atoms with Crippen LogP contribution in [0.25, 0.3) is 11.2 Å². The molecular formula is C19H23N5O4. The second-order valence-corrected chi connectivity index (χ2v) is 6.82. The third-order valence-electron chi connectivity index (χ3n) is 5.13. The molecule has 9 nitrogen and oxygen atoms in total. The number of morpholine rings is 1. The van der Waals surface area contributed by atoms with Gasteiger partial charge in [0.25, 0.3) is 5.56 Å². The molecule has 0 saturated carbocycles. The molecule has 1 aliphatic rings. The second-order valence-electron chi connectivity index (χ2n) is 6.82. The van der Waals surface area contributed by atoms with Crippen molar-refractivity contribution in [1.82, 2.24) is 18.7 Å². The Bertz CT molecular complexity index is 1120. The lowest BCUT2D eigenvalue weighted by Gasteiger charge is -2.27. The van der Waals surface area contributed by atoms with Crippen LogP contribution in [0.1, 0.15) is 5.56 Å². The highest BCUT2D eigenvalue weighted by molar-refractivity contribution is 5.74. The SMILES string of the molecule is COc1ccc(Cn2c(=O)c3c(nc(N4CCOCC4)n3C)n(C)c2=O)cc1. The number of ether oxygens (including phenoxy) is 2. The number of hydrogen-bond acceptors (Lipinski definition) is 6. The highest BCUT2D eigenvalue weighted by Gasteiger charge is 2.22. The van der Waals surface area contributed by atoms with E-state index in [-0.39, 0.29) is 17.8 Å². The second kappa shape index (κ2) is 7.16. The summed E-state index contributed by atoms with van der Waals surface area (Å²) in [5.41, 5.74) is 0.917. The van der Waals surface area contributed by atoms with E-state index >= 15 is 0 Å². The number of rotatable bonds is 4. The molecule has 0 aliphatic carbocycles. The summed E-state index contributed by atoms with van der Waals surface area (Å²) >= 11 is 0. The molecule has 1 aliphatic heterocycles. The molecule has 3 heterocycles. The maximum absolute atomic E-state index is 13.2. The van der Waals surface area contributed by atoms with Crippen LogP contribution in [-0.4, -0.2) is 52.1 Å². The molecule has 0 spiro atoms. The minimum atomic E-state index is -0.389. The number of imidazole rings is 1. The monoisotopic (exact) mass is 385 g/mol. The largest absolute Gasteiger partial charge is 0.497 e. The number of nitrogens with zero attached hydrogens (tertiary/aromatic N) is 5. The first-order chi connectivity index (χ1) is 13.5. The highest BCUT2D eigenvalue weighted by atomic mass is 16.5. The first-order valence-electron chi connectivity index (χ1n) is 9.13. The fourth-order valence-corrected chi connectivity index (χ4v) is 3.53. The lowest BCUT2D eigenvalue weighted by Crippen LogP contribution is -2.40. The Hall–Kier alpha value is -3.07. The Morgan fingerprint density at radius 3 is 2.39 bits per heavy atom. The number of hydrogen-bond donors (Lipinski definition) is 0. The molecule has 0 unspecified atom stereocenters. The van der Waals surface area contributed by atoms with Gasteiger partial charge in [-0.1, -0.05) is 12.1 Å². The van der Waals surface area contributed by atoms with E-state index in [1.54, 1.807) is 18.7 Å². The Labute approximate surface area is 161 Å². The summed E-state index contributed by atoms with van der Waals surface area (Å²) in [6.45, 7) is 2.81. The van der Waals surface area contributed by atoms with Crippen molar-refractivity contribution in [2.45, 2.75) is 6.54 Å². The van der Waals surface area contributed by atoms with Gasteiger partial charge in [-0.15, -0.1) is 0 Å². The van der Waals surface area contributed by atoms with E-state index in [4.69, 9.17) is 9.47 Å². The lowest BCUT2D eigenvalue weighted by atomic mass is 10.2. The van der Waals surface area contributed by atoms with Gasteiger partial charge >= 0.3 is 5.69 Å². The zero-order valence-corrected chi connectivity index (χ0v) is 16.2. The average molecular weight is 385 g/mol. The third kappa shape index (κ3) is 2.97. The van der Waals surface area contributed by atoms with Gasteiger partial charge in [0.15, 0.2) is 11.2 Å². The molecule has 2 aromatic heterocycles. The van der Waals surface area contributed by atoms with E-state index in [1.807, 2.05) is 31.3 Å². The smallest absolute Gasteiger partial charge is 0.332 e. The van der Waals surface area contributed by atoms with Crippen molar-refractivity contribution in [2.24, 2.45) is 14.1 Å². The molecule has 0 radical (unpaired) electrons. The van der Waals surface area contributed by atoms with Crippen LogP contribution in [0.3, 0.4) is 0 Å². The van der Waals surface area contributed by atoms with E-state index in [1.165, 1.54) is 9.13 Å². The van der Waals surface area contributed by atoms with Gasteiger partial charge < -0.3 is 18.9 Å². The molecule has 1 aromatic carbocycles. The molecule has 9 heteroatoms. The van der Waals surface area contributed by atoms with E-state index < -0.39 is 0 Å². The van der Waals surface area contributed by atoms with Gasteiger partial charge in [-0.25, -0.2) is 4.79 Å². The van der Waals surface area contributed by atoms with Crippen molar-refractivity contribution >= 4 is 17.1 Å². The summed E-state index contributed by atoms with van der Waals surface area (Å²) in [5.74, 6) is 1.40. The number of benzene rings is 1. The Kier molecular flexibility index (Phi) is 4.68. The van der Waals surface area contributed by atoms with Crippen LogP contribution in [-0.2, 0) is 25.4 Å².